The number of sulfone groups is 1. The Labute approximate surface area is 152 Å². The summed E-state index contributed by atoms with van der Waals surface area (Å²) < 4.78 is 35.8. The molecule has 2 aliphatic heterocycles. The Morgan fingerprint density at radius 1 is 1.38 bits per heavy atom. The summed E-state index contributed by atoms with van der Waals surface area (Å²) in [5.41, 5.74) is 0.418. The van der Waals surface area contributed by atoms with Crippen molar-refractivity contribution in [1.29, 1.82) is 0 Å². The number of imide groups is 1. The maximum atomic E-state index is 13.2. The first kappa shape index (κ1) is 18.3. The van der Waals surface area contributed by atoms with Crippen molar-refractivity contribution in [3.05, 3.63) is 52.0 Å². The Morgan fingerprint density at radius 2 is 2.15 bits per heavy atom. The second kappa shape index (κ2) is 7.04. The summed E-state index contributed by atoms with van der Waals surface area (Å²) in [6.45, 7) is -0.518. The van der Waals surface area contributed by atoms with Crippen molar-refractivity contribution < 1.29 is 27.2 Å². The quantitative estimate of drug-likeness (QED) is 0.770. The Hall–Kier alpha value is -2.46. The van der Waals surface area contributed by atoms with E-state index in [4.69, 9.17) is 0 Å². The minimum Gasteiger partial charge on any atom is -0.347 e. The van der Waals surface area contributed by atoms with Crippen LogP contribution in [0.15, 0.2) is 40.7 Å². The molecule has 10 heteroatoms. The van der Waals surface area contributed by atoms with Crippen LogP contribution >= 0.6 is 11.8 Å². The Kier molecular flexibility index (Phi) is 4.97. The van der Waals surface area contributed by atoms with Crippen LogP contribution in [0.2, 0.25) is 0 Å². The molecule has 0 aromatic heterocycles. The van der Waals surface area contributed by atoms with Gasteiger partial charge in [-0.05, 0) is 41.6 Å². The lowest BCUT2D eigenvalue weighted by molar-refractivity contribution is -0.129. The zero-order valence-corrected chi connectivity index (χ0v) is 14.8. The van der Waals surface area contributed by atoms with Crippen molar-refractivity contribution in [2.75, 3.05) is 12.3 Å². The topological polar surface area (TPSA) is 101 Å². The predicted molar refractivity (Wildman–Crippen MR) is 93.9 cm³/mol. The highest BCUT2D eigenvalue weighted by molar-refractivity contribution is 8.18. The first-order chi connectivity index (χ1) is 12.2. The van der Waals surface area contributed by atoms with Gasteiger partial charge in [-0.2, -0.15) is 0 Å². The van der Waals surface area contributed by atoms with Gasteiger partial charge in [0.1, 0.15) is 12.4 Å². The third kappa shape index (κ3) is 4.20. The lowest BCUT2D eigenvalue weighted by Crippen LogP contribution is -2.43. The molecule has 1 atom stereocenters. The maximum absolute atomic E-state index is 13.2. The van der Waals surface area contributed by atoms with Gasteiger partial charge in [0, 0.05) is 5.41 Å². The van der Waals surface area contributed by atoms with Crippen LogP contribution in [0, 0.1) is 5.82 Å². The largest absolute Gasteiger partial charge is 0.347 e. The number of halogens is 1. The van der Waals surface area contributed by atoms with Gasteiger partial charge in [-0.15, -0.1) is 0 Å². The predicted octanol–water partition coefficient (Wildman–Crippen LogP) is 1.29. The number of amides is 3. The summed E-state index contributed by atoms with van der Waals surface area (Å²) >= 11 is 0.653. The Balaban J connectivity index is 1.66. The monoisotopic (exact) mass is 396 g/mol. The molecule has 0 radical (unpaired) electrons. The van der Waals surface area contributed by atoms with E-state index in [0.717, 1.165) is 10.3 Å². The van der Waals surface area contributed by atoms with E-state index in [1.165, 1.54) is 30.4 Å². The third-order valence-corrected chi connectivity index (χ3v) is 5.90. The van der Waals surface area contributed by atoms with Crippen LogP contribution in [0.4, 0.5) is 9.18 Å². The van der Waals surface area contributed by atoms with E-state index in [9.17, 15) is 27.2 Å². The maximum Gasteiger partial charge on any atom is 0.294 e. The summed E-state index contributed by atoms with van der Waals surface area (Å²) in [6.07, 6.45) is 2.71. The summed E-state index contributed by atoms with van der Waals surface area (Å²) in [4.78, 5) is 37.1. The molecule has 26 heavy (non-hydrogen) atoms. The number of thioether (sulfide) groups is 1. The SMILES string of the molecule is O=C(CN1C(=O)S/C(=C\c2cccc(F)c2)C1=O)N[C@H]1C=CS(=O)(=O)C1. The fourth-order valence-corrected chi connectivity index (χ4v) is 4.52. The zero-order chi connectivity index (χ0) is 18.9. The molecule has 3 amide bonds. The van der Waals surface area contributed by atoms with Crippen molar-refractivity contribution in [2.45, 2.75) is 6.04 Å². The first-order valence-electron chi connectivity index (χ1n) is 7.45. The zero-order valence-electron chi connectivity index (χ0n) is 13.2. The second-order valence-electron chi connectivity index (χ2n) is 5.65. The van der Waals surface area contributed by atoms with Crippen LogP contribution in [0.1, 0.15) is 5.56 Å². The van der Waals surface area contributed by atoms with E-state index in [-0.39, 0.29) is 10.7 Å². The third-order valence-electron chi connectivity index (χ3n) is 3.60. The van der Waals surface area contributed by atoms with E-state index in [0.29, 0.717) is 17.3 Å². The van der Waals surface area contributed by atoms with Gasteiger partial charge >= 0.3 is 0 Å². The fraction of sp³-hybridized carbons (Fsp3) is 0.188. The molecular formula is C16H13FN2O5S2. The van der Waals surface area contributed by atoms with Crippen LogP contribution in [0.25, 0.3) is 6.08 Å². The van der Waals surface area contributed by atoms with Gasteiger partial charge in [-0.25, -0.2) is 12.8 Å². The summed E-state index contributed by atoms with van der Waals surface area (Å²) in [7, 11) is -3.32. The van der Waals surface area contributed by atoms with Crippen molar-refractivity contribution in [2.24, 2.45) is 0 Å². The molecular weight excluding hydrogens is 383 g/mol. The minimum absolute atomic E-state index is 0.0803. The van der Waals surface area contributed by atoms with Crippen LogP contribution in [0.3, 0.4) is 0 Å². The summed E-state index contributed by atoms with van der Waals surface area (Å²) in [5, 5.41) is 2.84. The smallest absolute Gasteiger partial charge is 0.294 e. The number of nitrogens with zero attached hydrogens (tertiary/aromatic N) is 1. The summed E-state index contributed by atoms with van der Waals surface area (Å²) in [6, 6.07) is 4.84. The van der Waals surface area contributed by atoms with Crippen LogP contribution in [-0.2, 0) is 19.4 Å². The molecule has 2 aliphatic rings. The second-order valence-corrected chi connectivity index (χ2v) is 8.58. The van der Waals surface area contributed by atoms with Crippen LogP contribution < -0.4 is 5.32 Å². The number of hydrogen-bond donors (Lipinski definition) is 1. The van der Waals surface area contributed by atoms with Gasteiger partial charge in [-0.3, -0.25) is 19.3 Å². The van der Waals surface area contributed by atoms with E-state index >= 15 is 0 Å². The number of nitrogens with one attached hydrogen (secondary N) is 1. The normalized spacial score (nSPS) is 23.0. The molecule has 3 rings (SSSR count). The van der Waals surface area contributed by atoms with Crippen LogP contribution in [-0.4, -0.2) is 48.7 Å². The molecule has 1 saturated heterocycles. The molecule has 1 fully saturated rings. The molecule has 0 saturated carbocycles. The van der Waals surface area contributed by atoms with Gasteiger partial charge in [-0.1, -0.05) is 12.1 Å². The highest BCUT2D eigenvalue weighted by Gasteiger charge is 2.36. The molecule has 1 aromatic carbocycles. The van der Waals surface area contributed by atoms with Crippen molar-refractivity contribution in [1.82, 2.24) is 10.2 Å². The first-order valence-corrected chi connectivity index (χ1v) is 9.98. The van der Waals surface area contributed by atoms with Gasteiger partial charge < -0.3 is 5.32 Å². The van der Waals surface area contributed by atoms with Gasteiger partial charge in [0.2, 0.25) is 5.91 Å². The average molecular weight is 396 g/mol. The van der Waals surface area contributed by atoms with E-state index in [2.05, 4.69) is 5.32 Å². The molecule has 136 valence electrons. The standard InChI is InChI=1S/C16H13FN2O5S2/c17-11-3-1-2-10(6-11)7-13-15(21)19(16(22)25-13)8-14(20)18-12-4-5-26(23,24)9-12/h1-7,12H,8-9H2,(H,18,20)/b13-7-/t12-/m0/s1. The molecule has 1 aromatic rings. The van der Waals surface area contributed by atoms with E-state index in [1.54, 1.807) is 6.07 Å². The molecule has 7 nitrogen and oxygen atoms in total. The average Bonchev–Trinajstić information content (AvgIpc) is 3.01. The molecule has 0 aliphatic carbocycles. The number of hydrogen-bond acceptors (Lipinski definition) is 6. The molecule has 0 unspecified atom stereocenters. The highest BCUT2D eigenvalue weighted by atomic mass is 32.2. The highest BCUT2D eigenvalue weighted by Crippen LogP contribution is 2.32. The van der Waals surface area contributed by atoms with Crippen molar-refractivity contribution in [3.63, 3.8) is 0 Å². The van der Waals surface area contributed by atoms with Crippen molar-refractivity contribution in [3.8, 4) is 0 Å². The molecule has 0 spiro atoms. The van der Waals surface area contributed by atoms with Crippen LogP contribution in [0.5, 0.6) is 0 Å². The summed E-state index contributed by atoms with van der Waals surface area (Å²) in [5.74, 6) is -2.03. The Morgan fingerprint density at radius 3 is 2.81 bits per heavy atom. The lowest BCUT2D eigenvalue weighted by Gasteiger charge is -2.14. The van der Waals surface area contributed by atoms with E-state index < -0.39 is 45.3 Å². The number of benzene rings is 1. The molecule has 2 heterocycles. The Bertz CT molecular complexity index is 955. The van der Waals surface area contributed by atoms with Gasteiger partial charge in [0.25, 0.3) is 11.1 Å². The number of carbonyl (C=O) groups excluding carboxylic acids is 3. The fourth-order valence-electron chi connectivity index (χ4n) is 2.45. The van der Waals surface area contributed by atoms with Gasteiger partial charge in [0.05, 0.1) is 16.7 Å². The minimum atomic E-state index is -3.32. The van der Waals surface area contributed by atoms with Crippen molar-refractivity contribution >= 4 is 44.7 Å². The van der Waals surface area contributed by atoms with Gasteiger partial charge in [0.15, 0.2) is 9.84 Å². The number of rotatable bonds is 4. The number of carbonyl (C=O) groups is 3. The molecule has 0 bridgehead atoms. The lowest BCUT2D eigenvalue weighted by atomic mass is 10.2. The van der Waals surface area contributed by atoms with E-state index in [1.807, 2.05) is 0 Å². The molecule has 1 N–H and O–H groups in total.